The second-order valence-corrected chi connectivity index (χ2v) is 4.37. The zero-order chi connectivity index (χ0) is 13.9. The first-order valence-electron chi connectivity index (χ1n) is 6.15. The zero-order valence-electron chi connectivity index (χ0n) is 11.4. The molecule has 5 heteroatoms. The third-order valence-corrected chi connectivity index (χ3v) is 3.29. The molecule has 0 atom stereocenters. The molecule has 5 nitrogen and oxygen atoms in total. The first kappa shape index (κ1) is 13.7. The maximum Gasteiger partial charge on any atom is 0.321 e. The quantitative estimate of drug-likeness (QED) is 0.757. The molecule has 0 aliphatic carbocycles. The van der Waals surface area contributed by atoms with Crippen LogP contribution in [0.1, 0.15) is 12.5 Å². The molecule has 104 valence electrons. The molecule has 0 spiro atoms. The second-order valence-electron chi connectivity index (χ2n) is 4.37. The van der Waals surface area contributed by atoms with E-state index in [4.69, 9.17) is 18.9 Å². The molecule has 0 bridgehead atoms. The molecule has 1 aromatic carbocycles. The Morgan fingerprint density at radius 3 is 2.53 bits per heavy atom. The summed E-state index contributed by atoms with van der Waals surface area (Å²) in [5.41, 5.74) is 0.109. The average molecular weight is 266 g/mol. The third kappa shape index (κ3) is 2.26. The summed E-state index contributed by atoms with van der Waals surface area (Å²) in [6.45, 7) is 3.12. The van der Waals surface area contributed by atoms with Crippen molar-refractivity contribution in [2.45, 2.75) is 12.3 Å². The predicted octanol–water partition coefficient (Wildman–Crippen LogP) is 1.53. The van der Waals surface area contributed by atoms with Crippen molar-refractivity contribution >= 4 is 5.97 Å². The number of methoxy groups -OCH3 is 2. The number of hydrogen-bond acceptors (Lipinski definition) is 5. The Kier molecular flexibility index (Phi) is 3.95. The number of carbonyl (C=O) groups is 1. The van der Waals surface area contributed by atoms with E-state index in [1.54, 1.807) is 13.2 Å². The molecule has 2 rings (SSSR count). The van der Waals surface area contributed by atoms with Gasteiger partial charge in [0.15, 0.2) is 11.5 Å². The number of esters is 1. The van der Waals surface area contributed by atoms with Gasteiger partial charge in [-0.15, -0.1) is 0 Å². The van der Waals surface area contributed by atoms with Crippen molar-refractivity contribution in [3.63, 3.8) is 0 Å². The molecule has 1 aliphatic rings. The lowest BCUT2D eigenvalue weighted by atomic mass is 9.78. The molecule has 0 saturated carbocycles. The largest absolute Gasteiger partial charge is 0.493 e. The van der Waals surface area contributed by atoms with Crippen LogP contribution in [-0.4, -0.2) is 40.0 Å². The van der Waals surface area contributed by atoms with Gasteiger partial charge in [-0.05, 0) is 24.6 Å². The summed E-state index contributed by atoms with van der Waals surface area (Å²) in [7, 11) is 2.96. The van der Waals surface area contributed by atoms with Crippen LogP contribution in [0.15, 0.2) is 18.2 Å². The van der Waals surface area contributed by atoms with Crippen molar-refractivity contribution in [1.29, 1.82) is 0 Å². The van der Waals surface area contributed by atoms with Gasteiger partial charge in [-0.1, -0.05) is 6.07 Å². The van der Waals surface area contributed by atoms with Gasteiger partial charge in [0.25, 0.3) is 0 Å². The van der Waals surface area contributed by atoms with Gasteiger partial charge in [-0.3, -0.25) is 4.79 Å². The van der Waals surface area contributed by atoms with Gasteiger partial charge in [0, 0.05) is 0 Å². The van der Waals surface area contributed by atoms with Crippen molar-refractivity contribution < 1.29 is 23.7 Å². The van der Waals surface area contributed by atoms with E-state index in [0.29, 0.717) is 31.3 Å². The predicted molar refractivity (Wildman–Crippen MR) is 68.7 cm³/mol. The number of ether oxygens (including phenoxy) is 4. The Bertz CT molecular complexity index is 465. The van der Waals surface area contributed by atoms with Gasteiger partial charge in [-0.25, -0.2) is 0 Å². The molecular weight excluding hydrogens is 248 g/mol. The Morgan fingerprint density at radius 1 is 1.32 bits per heavy atom. The fourth-order valence-electron chi connectivity index (χ4n) is 2.14. The molecule has 0 unspecified atom stereocenters. The molecular formula is C14H18O5. The van der Waals surface area contributed by atoms with Crippen LogP contribution in [0.3, 0.4) is 0 Å². The van der Waals surface area contributed by atoms with Crippen molar-refractivity contribution in [1.82, 2.24) is 0 Å². The Labute approximate surface area is 112 Å². The summed E-state index contributed by atoms with van der Waals surface area (Å²) in [4.78, 5) is 12.0. The minimum atomic E-state index is -0.716. The van der Waals surface area contributed by atoms with Gasteiger partial charge in [0.2, 0.25) is 0 Å². The summed E-state index contributed by atoms with van der Waals surface area (Å²) in [6, 6.07) is 5.47. The summed E-state index contributed by atoms with van der Waals surface area (Å²) >= 11 is 0. The highest BCUT2D eigenvalue weighted by Gasteiger charge is 2.49. The minimum absolute atomic E-state index is 0.287. The van der Waals surface area contributed by atoms with Gasteiger partial charge in [-0.2, -0.15) is 0 Å². The Morgan fingerprint density at radius 2 is 2.05 bits per heavy atom. The fourth-order valence-corrected chi connectivity index (χ4v) is 2.14. The van der Waals surface area contributed by atoms with E-state index in [1.807, 2.05) is 19.1 Å². The van der Waals surface area contributed by atoms with Crippen LogP contribution < -0.4 is 9.47 Å². The van der Waals surface area contributed by atoms with Crippen molar-refractivity contribution in [2.75, 3.05) is 34.0 Å². The van der Waals surface area contributed by atoms with Crippen molar-refractivity contribution in [3.8, 4) is 11.5 Å². The molecule has 1 saturated heterocycles. The maximum absolute atomic E-state index is 12.0. The summed E-state index contributed by atoms with van der Waals surface area (Å²) in [6.07, 6.45) is 0. The van der Waals surface area contributed by atoms with Gasteiger partial charge < -0.3 is 18.9 Å². The zero-order valence-corrected chi connectivity index (χ0v) is 11.4. The molecule has 0 N–H and O–H groups in total. The molecule has 1 aromatic rings. The monoisotopic (exact) mass is 266 g/mol. The Balaban J connectivity index is 2.37. The van der Waals surface area contributed by atoms with Crippen LogP contribution in [0.2, 0.25) is 0 Å². The second kappa shape index (κ2) is 5.48. The number of benzene rings is 1. The van der Waals surface area contributed by atoms with Crippen LogP contribution in [-0.2, 0) is 19.7 Å². The molecule has 1 aliphatic heterocycles. The van der Waals surface area contributed by atoms with Crippen molar-refractivity contribution in [3.05, 3.63) is 23.8 Å². The Hall–Kier alpha value is -1.75. The SMILES string of the molecule is CCOc1ccc(C2(C(=O)OC)COC2)cc1OC. The smallest absolute Gasteiger partial charge is 0.321 e. The molecule has 0 radical (unpaired) electrons. The van der Waals surface area contributed by atoms with Crippen molar-refractivity contribution in [2.24, 2.45) is 0 Å². The molecule has 1 heterocycles. The lowest BCUT2D eigenvalue weighted by molar-refractivity contribution is -0.166. The first-order chi connectivity index (χ1) is 9.17. The summed E-state index contributed by atoms with van der Waals surface area (Å²) in [5, 5.41) is 0. The highest BCUT2D eigenvalue weighted by atomic mass is 16.5. The van der Waals surface area contributed by atoms with Gasteiger partial charge in [0.05, 0.1) is 34.0 Å². The first-order valence-corrected chi connectivity index (χ1v) is 6.15. The van der Waals surface area contributed by atoms with E-state index in [9.17, 15) is 4.79 Å². The van der Waals surface area contributed by atoms with Gasteiger partial charge >= 0.3 is 5.97 Å². The van der Waals surface area contributed by atoms with Crippen LogP contribution >= 0.6 is 0 Å². The average Bonchev–Trinajstić information content (AvgIpc) is 2.38. The lowest BCUT2D eigenvalue weighted by Gasteiger charge is -2.39. The van der Waals surface area contributed by atoms with Gasteiger partial charge in [0.1, 0.15) is 5.41 Å². The molecule has 0 amide bonds. The van der Waals surface area contributed by atoms with Crippen LogP contribution in [0, 0.1) is 0 Å². The van der Waals surface area contributed by atoms with Crippen LogP contribution in [0.25, 0.3) is 0 Å². The van der Waals surface area contributed by atoms with E-state index in [1.165, 1.54) is 7.11 Å². The number of rotatable bonds is 5. The van der Waals surface area contributed by atoms with E-state index < -0.39 is 5.41 Å². The third-order valence-electron chi connectivity index (χ3n) is 3.29. The summed E-state index contributed by atoms with van der Waals surface area (Å²) < 4.78 is 20.8. The van der Waals surface area contributed by atoms with Crippen LogP contribution in [0.5, 0.6) is 11.5 Å². The van der Waals surface area contributed by atoms with E-state index >= 15 is 0 Å². The van der Waals surface area contributed by atoms with E-state index in [2.05, 4.69) is 0 Å². The molecule has 19 heavy (non-hydrogen) atoms. The molecule has 0 aromatic heterocycles. The maximum atomic E-state index is 12.0. The highest BCUT2D eigenvalue weighted by molar-refractivity contribution is 5.85. The number of hydrogen-bond donors (Lipinski definition) is 0. The normalized spacial score (nSPS) is 16.4. The standard InChI is InChI=1S/C14H18O5/c1-4-19-11-6-5-10(7-12(11)16-2)14(8-18-9-14)13(15)17-3/h5-7H,4,8-9H2,1-3H3. The highest BCUT2D eigenvalue weighted by Crippen LogP contribution is 2.38. The minimum Gasteiger partial charge on any atom is -0.493 e. The van der Waals surface area contributed by atoms with Crippen LogP contribution in [0.4, 0.5) is 0 Å². The van der Waals surface area contributed by atoms with E-state index in [0.717, 1.165) is 5.56 Å². The topological polar surface area (TPSA) is 54.0 Å². The lowest BCUT2D eigenvalue weighted by Crippen LogP contribution is -2.53. The molecule has 1 fully saturated rings. The number of carbonyl (C=O) groups excluding carboxylic acids is 1. The fraction of sp³-hybridized carbons (Fsp3) is 0.500. The summed E-state index contributed by atoms with van der Waals surface area (Å²) in [5.74, 6) is 0.980. The van der Waals surface area contributed by atoms with E-state index in [-0.39, 0.29) is 5.97 Å².